The first-order valence-corrected chi connectivity index (χ1v) is 4.93. The molecule has 0 aliphatic rings. The maximum Gasteiger partial charge on any atom is 0.0393 e. The molecule has 14 heavy (non-hydrogen) atoms. The van der Waals surface area contributed by atoms with Gasteiger partial charge in [-0.1, -0.05) is 0 Å². The second-order valence-electron chi connectivity index (χ2n) is 3.27. The summed E-state index contributed by atoms with van der Waals surface area (Å²) in [6.07, 6.45) is 10.1. The molecule has 0 radical (unpaired) electrons. The van der Waals surface area contributed by atoms with E-state index in [1.54, 1.807) is 0 Å². The quantitative estimate of drug-likeness (QED) is 0.567. The summed E-state index contributed by atoms with van der Waals surface area (Å²) >= 11 is 0. The summed E-state index contributed by atoms with van der Waals surface area (Å²) in [6.45, 7) is 2.97. The topological polar surface area (TPSA) is 24.9 Å². The van der Waals surface area contributed by atoms with Gasteiger partial charge in [0.2, 0.25) is 0 Å². The summed E-state index contributed by atoms with van der Waals surface area (Å²) in [7, 11) is 0. The Kier molecular flexibility index (Phi) is 4.57. The van der Waals surface area contributed by atoms with Crippen molar-refractivity contribution in [1.82, 2.24) is 4.98 Å². The van der Waals surface area contributed by atoms with E-state index in [1.165, 1.54) is 0 Å². The molecule has 0 aromatic carbocycles. The van der Waals surface area contributed by atoms with Crippen LogP contribution in [0.1, 0.15) is 25.0 Å². The van der Waals surface area contributed by atoms with Gasteiger partial charge >= 0.3 is 0 Å². The van der Waals surface area contributed by atoms with Gasteiger partial charge in [0.15, 0.2) is 0 Å². The largest absolute Gasteiger partial charge is 0.385 e. The smallest absolute Gasteiger partial charge is 0.0393 e. The van der Waals surface area contributed by atoms with Gasteiger partial charge in [-0.25, -0.2) is 0 Å². The van der Waals surface area contributed by atoms with Crippen molar-refractivity contribution in [2.24, 2.45) is 0 Å². The fourth-order valence-electron chi connectivity index (χ4n) is 1.24. The fraction of sp³-hybridized carbons (Fsp3) is 0.417. The normalized spacial score (nSPS) is 9.43. The number of aryl methyl sites for hydroxylation is 1. The summed E-state index contributed by atoms with van der Waals surface area (Å²) in [6, 6.07) is 4.02. The van der Waals surface area contributed by atoms with Gasteiger partial charge in [0, 0.05) is 30.5 Å². The number of terminal acetylenes is 1. The SMILES string of the molecule is C#CCCCCNc1ccnc(C)c1. The molecule has 74 valence electrons. The molecule has 1 rings (SSSR count). The van der Waals surface area contributed by atoms with E-state index in [-0.39, 0.29) is 0 Å². The predicted octanol–water partition coefficient (Wildman–Crippen LogP) is 2.61. The summed E-state index contributed by atoms with van der Waals surface area (Å²) < 4.78 is 0. The summed E-state index contributed by atoms with van der Waals surface area (Å²) in [4.78, 5) is 4.13. The molecule has 2 heteroatoms. The molecule has 0 unspecified atom stereocenters. The molecule has 1 aromatic rings. The molecule has 0 fully saturated rings. The number of rotatable bonds is 5. The molecule has 1 aromatic heterocycles. The highest BCUT2D eigenvalue weighted by Crippen LogP contribution is 2.07. The van der Waals surface area contributed by atoms with E-state index in [0.29, 0.717) is 0 Å². The van der Waals surface area contributed by atoms with E-state index in [4.69, 9.17) is 6.42 Å². The number of hydrogen-bond donors (Lipinski definition) is 1. The number of pyridine rings is 1. The van der Waals surface area contributed by atoms with Crippen LogP contribution in [0.4, 0.5) is 5.69 Å². The summed E-state index contributed by atoms with van der Waals surface area (Å²) in [5.74, 6) is 2.64. The van der Waals surface area contributed by atoms with Crippen LogP contribution in [0.3, 0.4) is 0 Å². The zero-order valence-electron chi connectivity index (χ0n) is 8.59. The van der Waals surface area contributed by atoms with Crippen molar-refractivity contribution in [2.45, 2.75) is 26.2 Å². The van der Waals surface area contributed by atoms with Gasteiger partial charge in [-0.2, -0.15) is 0 Å². The van der Waals surface area contributed by atoms with Crippen molar-refractivity contribution in [1.29, 1.82) is 0 Å². The molecule has 2 nitrogen and oxygen atoms in total. The monoisotopic (exact) mass is 188 g/mol. The first-order valence-electron chi connectivity index (χ1n) is 4.93. The van der Waals surface area contributed by atoms with Crippen LogP contribution >= 0.6 is 0 Å². The third kappa shape index (κ3) is 3.95. The first-order chi connectivity index (χ1) is 6.83. The number of nitrogens with zero attached hydrogens (tertiary/aromatic N) is 1. The average Bonchev–Trinajstić information content (AvgIpc) is 2.18. The average molecular weight is 188 g/mol. The summed E-state index contributed by atoms with van der Waals surface area (Å²) in [5, 5.41) is 3.34. The molecule has 1 N–H and O–H groups in total. The lowest BCUT2D eigenvalue weighted by Gasteiger charge is -2.05. The lowest BCUT2D eigenvalue weighted by atomic mass is 10.2. The molecule has 0 saturated carbocycles. The van der Waals surface area contributed by atoms with Crippen molar-refractivity contribution in [3.8, 4) is 12.3 Å². The molecule has 0 atom stereocenters. The molecule has 0 aliphatic heterocycles. The molecule has 0 bridgehead atoms. The number of nitrogens with one attached hydrogen (secondary N) is 1. The minimum atomic E-state index is 0.872. The van der Waals surface area contributed by atoms with E-state index < -0.39 is 0 Å². The second kappa shape index (κ2) is 6.04. The van der Waals surface area contributed by atoms with Crippen molar-refractivity contribution in [2.75, 3.05) is 11.9 Å². The van der Waals surface area contributed by atoms with E-state index in [9.17, 15) is 0 Å². The minimum absolute atomic E-state index is 0.872. The van der Waals surface area contributed by atoms with Gasteiger partial charge in [-0.15, -0.1) is 12.3 Å². The second-order valence-corrected chi connectivity index (χ2v) is 3.27. The highest BCUT2D eigenvalue weighted by atomic mass is 14.9. The van der Waals surface area contributed by atoms with Crippen LogP contribution in [0.25, 0.3) is 0 Å². The van der Waals surface area contributed by atoms with Crippen molar-refractivity contribution >= 4 is 5.69 Å². The van der Waals surface area contributed by atoms with Crippen LogP contribution in [0.15, 0.2) is 18.3 Å². The molecule has 0 spiro atoms. The van der Waals surface area contributed by atoms with Gasteiger partial charge in [-0.3, -0.25) is 4.98 Å². The highest BCUT2D eigenvalue weighted by Gasteiger charge is 1.92. The highest BCUT2D eigenvalue weighted by molar-refractivity contribution is 5.42. The van der Waals surface area contributed by atoms with Crippen molar-refractivity contribution in [3.05, 3.63) is 24.0 Å². The molecule has 1 heterocycles. The Morgan fingerprint density at radius 1 is 1.50 bits per heavy atom. The summed E-state index contributed by atoms with van der Waals surface area (Å²) in [5.41, 5.74) is 2.18. The molecule has 0 saturated heterocycles. The standard InChI is InChI=1S/C12H16N2/c1-3-4-5-6-8-14-12-7-9-13-11(2)10-12/h1,7,9-10H,4-6,8H2,2H3,(H,13,14). The lowest BCUT2D eigenvalue weighted by Crippen LogP contribution is -2.01. The third-order valence-corrected chi connectivity index (χ3v) is 1.97. The van der Waals surface area contributed by atoms with Gasteiger partial charge in [0.05, 0.1) is 0 Å². The van der Waals surface area contributed by atoms with Crippen LogP contribution in [0.5, 0.6) is 0 Å². The van der Waals surface area contributed by atoms with Gasteiger partial charge in [0.25, 0.3) is 0 Å². The Balaban J connectivity index is 2.22. The van der Waals surface area contributed by atoms with E-state index in [2.05, 4.69) is 16.2 Å². The lowest BCUT2D eigenvalue weighted by molar-refractivity contribution is 0.789. The van der Waals surface area contributed by atoms with Crippen LogP contribution in [-0.2, 0) is 0 Å². The van der Waals surface area contributed by atoms with E-state index >= 15 is 0 Å². The van der Waals surface area contributed by atoms with Crippen LogP contribution in [-0.4, -0.2) is 11.5 Å². The van der Waals surface area contributed by atoms with E-state index in [1.807, 2.05) is 25.3 Å². The van der Waals surface area contributed by atoms with Crippen molar-refractivity contribution < 1.29 is 0 Å². The predicted molar refractivity (Wildman–Crippen MR) is 60.1 cm³/mol. The van der Waals surface area contributed by atoms with Gasteiger partial charge in [0.1, 0.15) is 0 Å². The van der Waals surface area contributed by atoms with E-state index in [0.717, 1.165) is 37.2 Å². The Bertz CT molecular complexity index is 312. The third-order valence-electron chi connectivity index (χ3n) is 1.97. The van der Waals surface area contributed by atoms with Crippen molar-refractivity contribution in [3.63, 3.8) is 0 Å². The zero-order valence-corrected chi connectivity index (χ0v) is 8.59. The Hall–Kier alpha value is -1.49. The molecular weight excluding hydrogens is 172 g/mol. The number of hydrogen-bond acceptors (Lipinski definition) is 2. The maximum absolute atomic E-state index is 5.16. The zero-order chi connectivity index (χ0) is 10.2. The minimum Gasteiger partial charge on any atom is -0.385 e. The van der Waals surface area contributed by atoms with Gasteiger partial charge in [-0.05, 0) is 31.9 Å². The van der Waals surface area contributed by atoms with Gasteiger partial charge < -0.3 is 5.32 Å². The molecule has 0 amide bonds. The number of anilines is 1. The molecule has 0 aliphatic carbocycles. The Morgan fingerprint density at radius 2 is 2.36 bits per heavy atom. The van der Waals surface area contributed by atoms with Crippen LogP contribution in [0, 0.1) is 19.3 Å². The fourth-order valence-corrected chi connectivity index (χ4v) is 1.24. The first kappa shape index (κ1) is 10.6. The number of unbranched alkanes of at least 4 members (excludes halogenated alkanes) is 2. The number of aromatic nitrogens is 1. The Morgan fingerprint density at radius 3 is 3.07 bits per heavy atom. The van der Waals surface area contributed by atoms with Crippen LogP contribution in [0.2, 0.25) is 0 Å². The molecular formula is C12H16N2. The Labute approximate surface area is 85.8 Å². The maximum atomic E-state index is 5.16. The van der Waals surface area contributed by atoms with Crippen LogP contribution < -0.4 is 5.32 Å².